The molecule has 3 rings (SSSR count). The van der Waals surface area contributed by atoms with Crippen molar-refractivity contribution in [3.8, 4) is 11.5 Å². The minimum absolute atomic E-state index is 0.279. The second-order valence-electron chi connectivity index (χ2n) is 4.45. The molecule has 0 fully saturated rings. The molecule has 1 atom stereocenters. The maximum absolute atomic E-state index is 5.32. The predicted octanol–water partition coefficient (Wildman–Crippen LogP) is 3.26. The number of hydrogen-bond donors (Lipinski definition) is 1. The molecule has 0 aliphatic heterocycles. The van der Waals surface area contributed by atoms with E-state index in [0.29, 0.717) is 4.77 Å². The van der Waals surface area contributed by atoms with Gasteiger partial charge in [-0.1, -0.05) is 13.0 Å². The average Bonchev–Trinajstić information content (AvgIpc) is 3.11. The molecule has 3 aromatic rings. The normalized spacial score (nSPS) is 12.4. The van der Waals surface area contributed by atoms with Crippen LogP contribution in [0.25, 0.3) is 11.5 Å². The molecule has 20 heavy (non-hydrogen) atoms. The van der Waals surface area contributed by atoms with Crippen LogP contribution in [0.15, 0.2) is 36.0 Å². The average molecular weight is 303 g/mol. The third-order valence-electron chi connectivity index (χ3n) is 2.98. The van der Waals surface area contributed by atoms with Crippen LogP contribution < -0.4 is 0 Å². The Morgan fingerprint density at radius 2 is 2.25 bits per heavy atom. The lowest BCUT2D eigenvalue weighted by Gasteiger charge is -2.11. The molecule has 0 aliphatic carbocycles. The zero-order valence-electron chi connectivity index (χ0n) is 10.9. The van der Waals surface area contributed by atoms with E-state index in [9.17, 15) is 0 Å². The van der Waals surface area contributed by atoms with Gasteiger partial charge in [0.05, 0.1) is 5.01 Å². The molecule has 0 spiro atoms. The predicted molar refractivity (Wildman–Crippen MR) is 81.2 cm³/mol. The smallest absolute Gasteiger partial charge is 0.195 e. The van der Waals surface area contributed by atoms with Crippen molar-refractivity contribution in [3.05, 3.63) is 45.8 Å². The van der Waals surface area contributed by atoms with E-state index < -0.39 is 0 Å². The summed E-state index contributed by atoms with van der Waals surface area (Å²) in [5.74, 6) is 1.04. The van der Waals surface area contributed by atoms with Gasteiger partial charge in [0.15, 0.2) is 10.6 Å². The molecule has 3 heterocycles. The van der Waals surface area contributed by atoms with Gasteiger partial charge in [-0.3, -0.25) is 14.6 Å². The zero-order chi connectivity index (χ0) is 13.9. The standard InChI is InChI=1S/C13H13N5S2/c1-9(12-15-6-7-20-12)8-18-11(16-17-13(18)19)10-4-2-3-5-14-10/h2-7,9H,8H2,1H3,(H,17,19). The Balaban J connectivity index is 1.94. The van der Waals surface area contributed by atoms with Crippen molar-refractivity contribution in [1.82, 2.24) is 24.7 Å². The van der Waals surface area contributed by atoms with Crippen molar-refractivity contribution < 1.29 is 0 Å². The maximum Gasteiger partial charge on any atom is 0.195 e. The van der Waals surface area contributed by atoms with E-state index in [-0.39, 0.29) is 5.92 Å². The SMILES string of the molecule is CC(Cn1c(-c2ccccn2)n[nH]c1=S)c1nccs1. The third-order valence-corrected chi connectivity index (χ3v) is 4.30. The van der Waals surface area contributed by atoms with Crippen LogP contribution in [0.2, 0.25) is 0 Å². The number of nitrogens with one attached hydrogen (secondary N) is 1. The molecule has 1 unspecified atom stereocenters. The van der Waals surface area contributed by atoms with Crippen molar-refractivity contribution in [2.75, 3.05) is 0 Å². The Labute approximate surface area is 125 Å². The van der Waals surface area contributed by atoms with E-state index >= 15 is 0 Å². The third kappa shape index (κ3) is 2.54. The number of aromatic amines is 1. The van der Waals surface area contributed by atoms with Crippen LogP contribution in [0.3, 0.4) is 0 Å². The van der Waals surface area contributed by atoms with E-state index in [2.05, 4.69) is 27.1 Å². The number of hydrogen-bond acceptors (Lipinski definition) is 5. The van der Waals surface area contributed by atoms with Gasteiger partial charge in [-0.15, -0.1) is 11.3 Å². The fourth-order valence-corrected chi connectivity index (χ4v) is 2.90. The Morgan fingerprint density at radius 3 is 2.95 bits per heavy atom. The lowest BCUT2D eigenvalue weighted by atomic mass is 10.2. The maximum atomic E-state index is 5.32. The van der Waals surface area contributed by atoms with Crippen LogP contribution in [0, 0.1) is 4.77 Å². The highest BCUT2D eigenvalue weighted by Gasteiger charge is 2.15. The topological polar surface area (TPSA) is 59.4 Å². The Kier molecular flexibility index (Phi) is 3.70. The first-order valence-electron chi connectivity index (χ1n) is 6.21. The molecule has 102 valence electrons. The minimum atomic E-state index is 0.279. The summed E-state index contributed by atoms with van der Waals surface area (Å²) in [4.78, 5) is 8.68. The van der Waals surface area contributed by atoms with E-state index in [1.807, 2.05) is 34.3 Å². The number of rotatable bonds is 4. The Bertz CT molecular complexity index is 730. The number of H-pyrrole nitrogens is 1. The molecule has 0 saturated carbocycles. The summed E-state index contributed by atoms with van der Waals surface area (Å²) in [6.45, 7) is 2.87. The summed E-state index contributed by atoms with van der Waals surface area (Å²) in [7, 11) is 0. The first-order valence-corrected chi connectivity index (χ1v) is 7.50. The highest BCUT2D eigenvalue weighted by atomic mass is 32.1. The van der Waals surface area contributed by atoms with Gasteiger partial charge in [0, 0.05) is 30.2 Å². The van der Waals surface area contributed by atoms with Crippen LogP contribution in [-0.2, 0) is 6.54 Å². The monoisotopic (exact) mass is 303 g/mol. The summed E-state index contributed by atoms with van der Waals surface area (Å²) in [5.41, 5.74) is 0.811. The summed E-state index contributed by atoms with van der Waals surface area (Å²) in [5, 5.41) is 10.2. The summed E-state index contributed by atoms with van der Waals surface area (Å²) in [6, 6.07) is 5.75. The quantitative estimate of drug-likeness (QED) is 0.752. The molecule has 7 heteroatoms. The van der Waals surface area contributed by atoms with Gasteiger partial charge < -0.3 is 0 Å². The molecular weight excluding hydrogens is 290 g/mol. The van der Waals surface area contributed by atoms with E-state index in [1.165, 1.54) is 0 Å². The molecule has 0 saturated heterocycles. The Morgan fingerprint density at radius 1 is 1.35 bits per heavy atom. The van der Waals surface area contributed by atoms with Crippen LogP contribution in [0.4, 0.5) is 0 Å². The highest BCUT2D eigenvalue weighted by molar-refractivity contribution is 7.71. The van der Waals surface area contributed by atoms with Gasteiger partial charge in [-0.05, 0) is 24.4 Å². The number of nitrogens with zero attached hydrogens (tertiary/aromatic N) is 4. The Hall–Kier alpha value is -1.86. The summed E-state index contributed by atoms with van der Waals surface area (Å²) in [6.07, 6.45) is 3.58. The van der Waals surface area contributed by atoms with Crippen molar-refractivity contribution in [2.45, 2.75) is 19.4 Å². The lowest BCUT2D eigenvalue weighted by Crippen LogP contribution is -2.08. The largest absolute Gasteiger partial charge is 0.298 e. The number of pyridine rings is 1. The molecule has 5 nitrogen and oxygen atoms in total. The molecule has 0 bridgehead atoms. The van der Waals surface area contributed by atoms with Crippen LogP contribution in [0.5, 0.6) is 0 Å². The van der Waals surface area contributed by atoms with Crippen molar-refractivity contribution in [2.24, 2.45) is 0 Å². The fraction of sp³-hybridized carbons (Fsp3) is 0.231. The summed E-state index contributed by atoms with van der Waals surface area (Å²) >= 11 is 6.98. The van der Waals surface area contributed by atoms with Crippen LogP contribution in [-0.4, -0.2) is 24.7 Å². The minimum Gasteiger partial charge on any atom is -0.298 e. The molecule has 3 aromatic heterocycles. The molecule has 0 radical (unpaired) electrons. The molecule has 0 aromatic carbocycles. The first-order chi connectivity index (χ1) is 9.75. The van der Waals surface area contributed by atoms with Gasteiger partial charge in [-0.25, -0.2) is 4.98 Å². The molecular formula is C13H13N5S2. The molecule has 0 aliphatic rings. The van der Waals surface area contributed by atoms with Gasteiger partial charge in [0.1, 0.15) is 5.69 Å². The number of thiazole rings is 1. The van der Waals surface area contributed by atoms with Gasteiger partial charge in [0.25, 0.3) is 0 Å². The van der Waals surface area contributed by atoms with Crippen LogP contribution in [0.1, 0.15) is 17.8 Å². The van der Waals surface area contributed by atoms with Gasteiger partial charge in [-0.2, -0.15) is 5.10 Å². The van der Waals surface area contributed by atoms with E-state index in [0.717, 1.165) is 23.1 Å². The molecule has 0 amide bonds. The summed E-state index contributed by atoms with van der Waals surface area (Å²) < 4.78 is 2.58. The number of aromatic nitrogens is 5. The fourth-order valence-electron chi connectivity index (χ4n) is 2.01. The van der Waals surface area contributed by atoms with E-state index in [4.69, 9.17) is 12.2 Å². The molecule has 1 N–H and O–H groups in total. The van der Waals surface area contributed by atoms with Crippen molar-refractivity contribution >= 4 is 23.6 Å². The van der Waals surface area contributed by atoms with Gasteiger partial charge in [0.2, 0.25) is 0 Å². The zero-order valence-corrected chi connectivity index (χ0v) is 12.5. The van der Waals surface area contributed by atoms with E-state index in [1.54, 1.807) is 17.5 Å². The highest BCUT2D eigenvalue weighted by Crippen LogP contribution is 2.22. The van der Waals surface area contributed by atoms with Gasteiger partial charge >= 0.3 is 0 Å². The van der Waals surface area contributed by atoms with Crippen molar-refractivity contribution in [3.63, 3.8) is 0 Å². The second kappa shape index (κ2) is 5.64. The second-order valence-corrected chi connectivity index (χ2v) is 5.76. The van der Waals surface area contributed by atoms with Crippen molar-refractivity contribution in [1.29, 1.82) is 0 Å². The first kappa shape index (κ1) is 13.1. The lowest BCUT2D eigenvalue weighted by molar-refractivity contribution is 0.591. The van der Waals surface area contributed by atoms with Crippen LogP contribution >= 0.6 is 23.6 Å².